The van der Waals surface area contributed by atoms with Crippen molar-refractivity contribution in [2.45, 2.75) is 25.9 Å². The molecule has 1 aromatic carbocycles. The van der Waals surface area contributed by atoms with Gasteiger partial charge < -0.3 is 29.7 Å². The van der Waals surface area contributed by atoms with E-state index in [1.165, 1.54) is 0 Å². The van der Waals surface area contributed by atoms with Gasteiger partial charge in [-0.15, -0.1) is 0 Å². The molecule has 1 aliphatic rings. The number of carbonyl (C=O) groups is 1. The topological polar surface area (TPSA) is 89.9 Å². The van der Waals surface area contributed by atoms with Gasteiger partial charge in [-0.1, -0.05) is 18.2 Å². The second-order valence-corrected chi connectivity index (χ2v) is 8.80. The third-order valence-electron chi connectivity index (χ3n) is 5.81. The molecule has 0 amide bonds. The van der Waals surface area contributed by atoms with Crippen LogP contribution < -0.4 is 20.3 Å². The first-order chi connectivity index (χ1) is 17.1. The van der Waals surface area contributed by atoms with Crippen LogP contribution in [0.2, 0.25) is 0 Å². The third-order valence-corrected chi connectivity index (χ3v) is 5.81. The van der Waals surface area contributed by atoms with Gasteiger partial charge >= 0.3 is 0 Å². The molecule has 1 fully saturated rings. The van der Waals surface area contributed by atoms with Crippen LogP contribution in [0, 0.1) is 0 Å². The van der Waals surface area contributed by atoms with Gasteiger partial charge in [-0.2, -0.15) is 0 Å². The molecule has 1 unspecified atom stereocenters. The van der Waals surface area contributed by atoms with Crippen molar-refractivity contribution in [3.05, 3.63) is 48.7 Å². The summed E-state index contributed by atoms with van der Waals surface area (Å²) in [5.74, 6) is 1.33. The van der Waals surface area contributed by atoms with Gasteiger partial charge in [0.25, 0.3) is 5.91 Å². The molecular weight excluding hydrogens is 446 g/mol. The molecule has 188 valence electrons. The van der Waals surface area contributed by atoms with Crippen molar-refractivity contribution >= 4 is 28.3 Å². The van der Waals surface area contributed by atoms with Crippen molar-refractivity contribution in [2.24, 2.45) is 0 Å². The fourth-order valence-electron chi connectivity index (χ4n) is 4.25. The molecule has 0 aliphatic carbocycles. The molecule has 0 saturated carbocycles. The highest BCUT2D eigenvalue weighted by Gasteiger charge is 2.30. The molecule has 1 saturated heterocycles. The van der Waals surface area contributed by atoms with E-state index in [1.807, 2.05) is 42.5 Å². The summed E-state index contributed by atoms with van der Waals surface area (Å²) in [5, 5.41) is 7.81. The summed E-state index contributed by atoms with van der Waals surface area (Å²) < 4.78 is 18.2. The quantitative estimate of drug-likeness (QED) is 0.404. The predicted molar refractivity (Wildman–Crippen MR) is 138 cm³/mol. The van der Waals surface area contributed by atoms with Crippen molar-refractivity contribution in [1.82, 2.24) is 14.9 Å². The molecule has 2 N–H and O–H groups in total. The highest BCUT2D eigenvalue weighted by molar-refractivity contribution is 5.97. The number of hydrogen-bond donors (Lipinski definition) is 2. The summed E-state index contributed by atoms with van der Waals surface area (Å²) in [6.45, 7) is 7.95. The van der Waals surface area contributed by atoms with E-state index in [-0.39, 0.29) is 11.9 Å². The highest BCUT2D eigenvalue weighted by atomic mass is 16.5. The Balaban J connectivity index is 1.52. The highest BCUT2D eigenvalue weighted by Crippen LogP contribution is 2.28. The summed E-state index contributed by atoms with van der Waals surface area (Å²) in [7, 11) is 1.64. The van der Waals surface area contributed by atoms with E-state index >= 15 is 0 Å². The van der Waals surface area contributed by atoms with Crippen molar-refractivity contribution in [1.29, 1.82) is 0 Å². The predicted octanol–water partition coefficient (Wildman–Crippen LogP) is 3.02. The summed E-state index contributed by atoms with van der Waals surface area (Å²) >= 11 is 0. The number of hydrogen-bond acceptors (Lipinski definition) is 8. The minimum absolute atomic E-state index is 0.0551. The first-order valence-corrected chi connectivity index (χ1v) is 12.1. The van der Waals surface area contributed by atoms with Crippen molar-refractivity contribution in [2.75, 3.05) is 63.4 Å². The molecule has 0 bridgehead atoms. The number of nitrogens with zero attached hydrogens (tertiary/aromatic N) is 3. The maximum Gasteiger partial charge on any atom is 0.252 e. The number of benzene rings is 1. The van der Waals surface area contributed by atoms with Gasteiger partial charge in [0.05, 0.1) is 31.0 Å². The fourth-order valence-corrected chi connectivity index (χ4v) is 4.25. The maximum atomic E-state index is 13.8. The molecule has 3 aromatic rings. The summed E-state index contributed by atoms with van der Waals surface area (Å²) in [6, 6.07) is 13.6. The summed E-state index contributed by atoms with van der Waals surface area (Å²) in [6.07, 6.45) is 1.79. The summed E-state index contributed by atoms with van der Waals surface area (Å²) in [4.78, 5) is 20.6. The minimum atomic E-state index is -0.409. The number of aromatic nitrogens is 2. The standard InChI is InChI=1S/C26H35N5O4/c1-19(2)29-21-8-6-10-28-25(21)30-12-11-27-22(18-30)26(32)31-23-9-5-4-7-20(23)17-24(31)35-16-15-34-14-13-33-3/h4-10,17,19,22,27,29H,11-16,18H2,1-3H3. The van der Waals surface area contributed by atoms with Gasteiger partial charge in [0.2, 0.25) is 5.88 Å². The fraction of sp³-hybridized carbons (Fsp3) is 0.462. The zero-order valence-corrected chi connectivity index (χ0v) is 20.7. The van der Waals surface area contributed by atoms with Gasteiger partial charge in [0.1, 0.15) is 12.6 Å². The number of fused-ring (bicyclic) bond motifs is 1. The van der Waals surface area contributed by atoms with E-state index in [4.69, 9.17) is 14.2 Å². The van der Waals surface area contributed by atoms with Crippen LogP contribution in [-0.4, -0.2) is 80.7 Å². The van der Waals surface area contributed by atoms with Crippen LogP contribution in [0.5, 0.6) is 5.88 Å². The van der Waals surface area contributed by atoms with E-state index in [0.29, 0.717) is 45.4 Å². The number of anilines is 2. The Labute approximate surface area is 206 Å². The molecule has 0 spiro atoms. The lowest BCUT2D eigenvalue weighted by Gasteiger charge is -2.35. The largest absolute Gasteiger partial charge is 0.476 e. The molecule has 4 rings (SSSR count). The third kappa shape index (κ3) is 6.11. The zero-order chi connectivity index (χ0) is 24.6. The van der Waals surface area contributed by atoms with E-state index < -0.39 is 6.04 Å². The molecule has 1 atom stereocenters. The van der Waals surface area contributed by atoms with Gasteiger partial charge in [0, 0.05) is 50.4 Å². The number of piperazine rings is 1. The number of ether oxygens (including phenoxy) is 3. The van der Waals surface area contributed by atoms with Crippen LogP contribution in [0.1, 0.15) is 18.6 Å². The van der Waals surface area contributed by atoms with E-state index in [2.05, 4.69) is 34.4 Å². The molecule has 2 aromatic heterocycles. The molecular formula is C26H35N5O4. The van der Waals surface area contributed by atoms with Gasteiger partial charge in [-0.3, -0.25) is 4.79 Å². The van der Waals surface area contributed by atoms with Crippen LogP contribution in [-0.2, 0) is 9.47 Å². The molecule has 35 heavy (non-hydrogen) atoms. The number of para-hydroxylation sites is 1. The number of rotatable bonds is 11. The van der Waals surface area contributed by atoms with Crippen LogP contribution in [0.3, 0.4) is 0 Å². The van der Waals surface area contributed by atoms with Crippen LogP contribution >= 0.6 is 0 Å². The average Bonchev–Trinajstić information content (AvgIpc) is 3.24. The Bertz CT molecular complexity index is 1120. The first-order valence-electron chi connectivity index (χ1n) is 12.1. The van der Waals surface area contributed by atoms with Gasteiger partial charge in [-0.05, 0) is 32.0 Å². The van der Waals surface area contributed by atoms with Crippen LogP contribution in [0.15, 0.2) is 48.7 Å². The number of pyridine rings is 1. The Morgan fingerprint density at radius 3 is 2.83 bits per heavy atom. The maximum absolute atomic E-state index is 13.8. The number of methoxy groups -OCH3 is 1. The monoisotopic (exact) mass is 481 g/mol. The lowest BCUT2D eigenvalue weighted by molar-refractivity contribution is 0.0525. The second-order valence-electron chi connectivity index (χ2n) is 8.80. The van der Waals surface area contributed by atoms with Crippen molar-refractivity contribution < 1.29 is 19.0 Å². The molecule has 1 aliphatic heterocycles. The van der Waals surface area contributed by atoms with Crippen molar-refractivity contribution in [3.63, 3.8) is 0 Å². The normalized spacial score (nSPS) is 16.1. The van der Waals surface area contributed by atoms with Crippen LogP contribution in [0.25, 0.3) is 10.9 Å². The van der Waals surface area contributed by atoms with E-state index in [9.17, 15) is 4.79 Å². The Hall–Kier alpha value is -3.14. The zero-order valence-electron chi connectivity index (χ0n) is 20.7. The van der Waals surface area contributed by atoms with Gasteiger partial charge in [-0.25, -0.2) is 9.55 Å². The first kappa shape index (κ1) is 25.0. The minimum Gasteiger partial charge on any atom is -0.476 e. The lowest BCUT2D eigenvalue weighted by atomic mass is 10.1. The Kier molecular flexibility index (Phi) is 8.57. The molecule has 9 heteroatoms. The van der Waals surface area contributed by atoms with Crippen molar-refractivity contribution in [3.8, 4) is 5.88 Å². The Morgan fingerprint density at radius 1 is 1.17 bits per heavy atom. The number of nitrogens with one attached hydrogen (secondary N) is 2. The molecule has 0 radical (unpaired) electrons. The SMILES string of the molecule is COCCOCCOc1cc2ccccc2n1C(=O)C1CN(c2ncccc2NC(C)C)CCN1. The molecule has 3 heterocycles. The van der Waals surface area contributed by atoms with E-state index in [1.54, 1.807) is 17.9 Å². The van der Waals surface area contributed by atoms with E-state index in [0.717, 1.165) is 29.0 Å². The molecule has 9 nitrogen and oxygen atoms in total. The second kappa shape index (κ2) is 12.0. The Morgan fingerprint density at radius 2 is 2.00 bits per heavy atom. The average molecular weight is 482 g/mol. The lowest BCUT2D eigenvalue weighted by Crippen LogP contribution is -2.55. The van der Waals surface area contributed by atoms with Gasteiger partial charge in [0.15, 0.2) is 5.82 Å². The van der Waals surface area contributed by atoms with Crippen LogP contribution in [0.4, 0.5) is 11.5 Å². The summed E-state index contributed by atoms with van der Waals surface area (Å²) in [5.41, 5.74) is 1.80. The smallest absolute Gasteiger partial charge is 0.252 e. The number of carbonyl (C=O) groups excluding carboxylic acids is 1.